The average molecular weight is 326 g/mol. The molecule has 2 rings (SSSR count). The highest BCUT2D eigenvalue weighted by Crippen LogP contribution is 2.48. The first-order valence-electron chi connectivity index (χ1n) is 8.95. The Balaban J connectivity index is 2.46. The molecule has 0 N–H and O–H groups in total. The maximum atomic E-state index is 5.68. The third-order valence-corrected chi connectivity index (χ3v) is 5.09. The Hall–Kier alpha value is -1.96. The number of hydrogen-bond acceptors (Lipinski definition) is 2. The van der Waals surface area contributed by atoms with Gasteiger partial charge in [-0.05, 0) is 44.9 Å². The van der Waals surface area contributed by atoms with E-state index in [4.69, 9.17) is 9.47 Å². The molecule has 0 heterocycles. The van der Waals surface area contributed by atoms with E-state index >= 15 is 0 Å². The molecule has 0 spiro atoms. The van der Waals surface area contributed by atoms with Crippen molar-refractivity contribution in [2.75, 3.05) is 13.7 Å². The van der Waals surface area contributed by atoms with Crippen LogP contribution in [0.2, 0.25) is 0 Å². The van der Waals surface area contributed by atoms with Crippen LogP contribution in [0.3, 0.4) is 0 Å². The number of allylic oxidation sites excluding steroid dienone is 4. The summed E-state index contributed by atoms with van der Waals surface area (Å²) in [6.07, 6.45) is 12.2. The molecular formula is C22H30O2. The zero-order valence-electron chi connectivity index (χ0n) is 15.3. The first-order chi connectivity index (χ1) is 11.7. The van der Waals surface area contributed by atoms with Crippen LogP contribution in [0.5, 0.6) is 5.75 Å². The first kappa shape index (κ1) is 18.4. The van der Waals surface area contributed by atoms with E-state index in [1.807, 2.05) is 19.1 Å². The van der Waals surface area contributed by atoms with Gasteiger partial charge in [0.05, 0.1) is 13.7 Å². The van der Waals surface area contributed by atoms with Crippen LogP contribution < -0.4 is 4.74 Å². The van der Waals surface area contributed by atoms with Gasteiger partial charge in [-0.1, -0.05) is 55.7 Å². The maximum Gasteiger partial charge on any atom is 0.122 e. The molecule has 1 fully saturated rings. The number of benzene rings is 1. The minimum Gasteiger partial charge on any atom is -0.496 e. The summed E-state index contributed by atoms with van der Waals surface area (Å²) in [4.78, 5) is 0. The Morgan fingerprint density at radius 2 is 1.88 bits per heavy atom. The lowest BCUT2D eigenvalue weighted by Gasteiger charge is -2.40. The molecule has 1 aromatic rings. The number of rotatable bonds is 7. The van der Waals surface area contributed by atoms with E-state index in [1.54, 1.807) is 13.2 Å². The Morgan fingerprint density at radius 3 is 2.50 bits per heavy atom. The molecule has 2 heteroatoms. The summed E-state index contributed by atoms with van der Waals surface area (Å²) in [6, 6.07) is 8.46. The van der Waals surface area contributed by atoms with E-state index in [0.717, 1.165) is 11.5 Å². The lowest BCUT2D eigenvalue weighted by molar-refractivity contribution is 0.242. The Morgan fingerprint density at radius 1 is 1.17 bits per heavy atom. The van der Waals surface area contributed by atoms with E-state index in [9.17, 15) is 0 Å². The zero-order valence-corrected chi connectivity index (χ0v) is 15.3. The second kappa shape index (κ2) is 8.77. The van der Waals surface area contributed by atoms with Crippen LogP contribution in [-0.2, 0) is 10.2 Å². The van der Waals surface area contributed by atoms with Gasteiger partial charge >= 0.3 is 0 Å². The Bertz CT molecular complexity index is 604. The number of hydrogen-bond donors (Lipinski definition) is 0. The molecule has 0 amide bonds. The normalized spacial score (nSPS) is 18.1. The van der Waals surface area contributed by atoms with Gasteiger partial charge in [0.2, 0.25) is 0 Å². The summed E-state index contributed by atoms with van der Waals surface area (Å²) in [5, 5.41) is 0. The SMILES string of the molecule is C=C/C(=C\C=C(/C)C1(c2ccccc2OC)CCCCC1)OCC. The quantitative estimate of drug-likeness (QED) is 0.455. The summed E-state index contributed by atoms with van der Waals surface area (Å²) >= 11 is 0. The summed E-state index contributed by atoms with van der Waals surface area (Å²) < 4.78 is 11.3. The van der Waals surface area contributed by atoms with Crippen LogP contribution in [0.25, 0.3) is 0 Å². The van der Waals surface area contributed by atoms with Crippen molar-refractivity contribution in [3.8, 4) is 5.75 Å². The third kappa shape index (κ3) is 3.92. The summed E-state index contributed by atoms with van der Waals surface area (Å²) in [7, 11) is 1.76. The van der Waals surface area contributed by atoms with Gasteiger partial charge in [0.15, 0.2) is 0 Å². The van der Waals surface area contributed by atoms with Crippen molar-refractivity contribution in [3.63, 3.8) is 0 Å². The largest absolute Gasteiger partial charge is 0.496 e. The van der Waals surface area contributed by atoms with Crippen molar-refractivity contribution in [1.29, 1.82) is 0 Å². The van der Waals surface area contributed by atoms with E-state index in [2.05, 4.69) is 37.8 Å². The minimum absolute atomic E-state index is 0.0554. The molecule has 0 aromatic heterocycles. The summed E-state index contributed by atoms with van der Waals surface area (Å²) in [5.41, 5.74) is 2.73. The molecule has 0 saturated heterocycles. The minimum atomic E-state index is 0.0554. The second-order valence-electron chi connectivity index (χ2n) is 6.40. The van der Waals surface area contributed by atoms with Crippen molar-refractivity contribution in [2.24, 2.45) is 0 Å². The van der Waals surface area contributed by atoms with Gasteiger partial charge in [0.1, 0.15) is 11.5 Å². The van der Waals surface area contributed by atoms with Crippen molar-refractivity contribution in [3.05, 3.63) is 66.0 Å². The van der Waals surface area contributed by atoms with Gasteiger partial charge in [-0.15, -0.1) is 0 Å². The topological polar surface area (TPSA) is 18.5 Å². The number of para-hydroxylation sites is 1. The summed E-state index contributed by atoms with van der Waals surface area (Å²) in [6.45, 7) is 8.71. The van der Waals surface area contributed by atoms with Crippen LogP contribution in [0.15, 0.2) is 60.4 Å². The molecule has 1 aromatic carbocycles. The molecule has 0 atom stereocenters. The van der Waals surface area contributed by atoms with Crippen LogP contribution >= 0.6 is 0 Å². The van der Waals surface area contributed by atoms with Crippen LogP contribution in [-0.4, -0.2) is 13.7 Å². The average Bonchev–Trinajstić information content (AvgIpc) is 2.65. The lowest BCUT2D eigenvalue weighted by Crippen LogP contribution is -2.31. The lowest BCUT2D eigenvalue weighted by atomic mass is 9.65. The molecule has 2 nitrogen and oxygen atoms in total. The monoisotopic (exact) mass is 326 g/mol. The van der Waals surface area contributed by atoms with Crippen molar-refractivity contribution in [1.82, 2.24) is 0 Å². The Kier molecular flexibility index (Phi) is 6.72. The maximum absolute atomic E-state index is 5.68. The van der Waals surface area contributed by atoms with Gasteiger partial charge in [0.25, 0.3) is 0 Å². The number of ether oxygens (including phenoxy) is 2. The van der Waals surface area contributed by atoms with Crippen LogP contribution in [0.4, 0.5) is 0 Å². The second-order valence-corrected chi connectivity index (χ2v) is 6.40. The van der Waals surface area contributed by atoms with E-state index in [0.29, 0.717) is 6.61 Å². The van der Waals surface area contributed by atoms with Crippen molar-refractivity contribution >= 4 is 0 Å². The van der Waals surface area contributed by atoms with Gasteiger partial charge in [-0.2, -0.15) is 0 Å². The standard InChI is InChI=1S/C22H30O2/c1-5-19(24-6-2)15-14-18(3)22(16-10-7-11-17-22)20-12-8-9-13-21(20)23-4/h5,8-9,12-15H,1,6-7,10-11,16-17H2,2-4H3/b18-14+,19-15+. The molecule has 1 aliphatic rings. The third-order valence-electron chi connectivity index (χ3n) is 5.09. The molecular weight excluding hydrogens is 296 g/mol. The predicted octanol–water partition coefficient (Wildman–Crippen LogP) is 5.95. The van der Waals surface area contributed by atoms with E-state index in [1.165, 1.54) is 43.2 Å². The molecule has 0 radical (unpaired) electrons. The molecule has 0 aliphatic heterocycles. The van der Waals surface area contributed by atoms with Gasteiger partial charge in [0, 0.05) is 11.0 Å². The van der Waals surface area contributed by atoms with Gasteiger partial charge in [-0.25, -0.2) is 0 Å². The molecule has 24 heavy (non-hydrogen) atoms. The van der Waals surface area contributed by atoms with E-state index < -0.39 is 0 Å². The van der Waals surface area contributed by atoms with Crippen molar-refractivity contribution < 1.29 is 9.47 Å². The first-order valence-corrected chi connectivity index (χ1v) is 8.95. The number of methoxy groups -OCH3 is 1. The predicted molar refractivity (Wildman–Crippen MR) is 101 cm³/mol. The highest BCUT2D eigenvalue weighted by molar-refractivity contribution is 5.46. The van der Waals surface area contributed by atoms with Gasteiger partial charge < -0.3 is 9.47 Å². The smallest absolute Gasteiger partial charge is 0.122 e. The Labute approximate surface area is 146 Å². The molecule has 0 unspecified atom stereocenters. The fraction of sp³-hybridized carbons (Fsp3) is 0.455. The fourth-order valence-electron chi connectivity index (χ4n) is 3.78. The highest BCUT2D eigenvalue weighted by Gasteiger charge is 2.37. The van der Waals surface area contributed by atoms with Crippen molar-refractivity contribution in [2.45, 2.75) is 51.4 Å². The molecule has 1 aliphatic carbocycles. The van der Waals surface area contributed by atoms with Crippen LogP contribution in [0, 0.1) is 0 Å². The van der Waals surface area contributed by atoms with Gasteiger partial charge in [-0.3, -0.25) is 0 Å². The highest BCUT2D eigenvalue weighted by atomic mass is 16.5. The molecule has 0 bridgehead atoms. The van der Waals surface area contributed by atoms with Crippen LogP contribution in [0.1, 0.15) is 51.5 Å². The fourth-order valence-corrected chi connectivity index (χ4v) is 3.78. The van der Waals surface area contributed by atoms with E-state index in [-0.39, 0.29) is 5.41 Å². The zero-order chi connectivity index (χ0) is 17.4. The molecule has 1 saturated carbocycles. The molecule has 130 valence electrons. The summed E-state index contributed by atoms with van der Waals surface area (Å²) in [5.74, 6) is 1.81.